The highest BCUT2D eigenvalue weighted by molar-refractivity contribution is 9.10. The summed E-state index contributed by atoms with van der Waals surface area (Å²) in [5.74, 6) is -0.298. The summed E-state index contributed by atoms with van der Waals surface area (Å²) in [6, 6.07) is 12.6. The molecule has 1 heterocycles. The number of esters is 1. The third-order valence-electron chi connectivity index (χ3n) is 3.63. The van der Waals surface area contributed by atoms with Crippen LogP contribution in [0.15, 0.2) is 51.4 Å². The van der Waals surface area contributed by atoms with E-state index in [1.807, 2.05) is 30.3 Å². The second kappa shape index (κ2) is 7.61. The molecule has 0 aliphatic rings. The van der Waals surface area contributed by atoms with Crippen molar-refractivity contribution in [1.82, 2.24) is 0 Å². The Morgan fingerprint density at radius 2 is 1.92 bits per heavy atom. The molecular formula is C19H16BrNO5. The topological polar surface area (TPSA) is 91.8 Å². The van der Waals surface area contributed by atoms with Gasteiger partial charge in [-0.05, 0) is 35.0 Å². The SMILES string of the molecule is CCOC(=O)c1c(-c2ccccc2)oc2cc(Br)c(OCC(N)=O)cc12. The van der Waals surface area contributed by atoms with E-state index in [9.17, 15) is 9.59 Å². The van der Waals surface area contributed by atoms with Crippen LogP contribution in [0.4, 0.5) is 0 Å². The molecule has 0 aliphatic heterocycles. The van der Waals surface area contributed by atoms with Gasteiger partial charge in [-0.25, -0.2) is 4.79 Å². The molecule has 0 fully saturated rings. The second-order valence-electron chi connectivity index (χ2n) is 5.43. The fourth-order valence-electron chi connectivity index (χ4n) is 2.56. The maximum Gasteiger partial charge on any atom is 0.342 e. The summed E-state index contributed by atoms with van der Waals surface area (Å²) < 4.78 is 17.1. The smallest absolute Gasteiger partial charge is 0.342 e. The van der Waals surface area contributed by atoms with Crippen LogP contribution in [0.5, 0.6) is 5.75 Å². The number of fused-ring (bicyclic) bond motifs is 1. The number of halogens is 1. The maximum atomic E-state index is 12.6. The molecule has 7 heteroatoms. The van der Waals surface area contributed by atoms with E-state index in [2.05, 4.69) is 15.9 Å². The largest absolute Gasteiger partial charge is 0.483 e. The molecule has 6 nitrogen and oxygen atoms in total. The number of hydrogen-bond acceptors (Lipinski definition) is 5. The quantitative estimate of drug-likeness (QED) is 0.613. The predicted octanol–water partition coefficient (Wildman–Crippen LogP) is 3.90. The average Bonchev–Trinajstić information content (AvgIpc) is 2.98. The second-order valence-corrected chi connectivity index (χ2v) is 6.28. The summed E-state index contributed by atoms with van der Waals surface area (Å²) in [5, 5.41) is 0.532. The van der Waals surface area contributed by atoms with Gasteiger partial charge in [-0.15, -0.1) is 0 Å². The Bertz CT molecular complexity index is 965. The van der Waals surface area contributed by atoms with Gasteiger partial charge >= 0.3 is 5.97 Å². The van der Waals surface area contributed by atoms with E-state index in [4.69, 9.17) is 19.6 Å². The van der Waals surface area contributed by atoms with Gasteiger partial charge in [0.1, 0.15) is 22.7 Å². The number of rotatable bonds is 6. The lowest BCUT2D eigenvalue weighted by molar-refractivity contribution is -0.119. The number of carbonyl (C=O) groups is 2. The molecule has 1 amide bonds. The van der Waals surface area contributed by atoms with Crippen molar-refractivity contribution in [3.05, 3.63) is 52.5 Å². The number of ether oxygens (including phenoxy) is 2. The summed E-state index contributed by atoms with van der Waals surface area (Å²) >= 11 is 3.37. The molecule has 3 rings (SSSR count). The Kier molecular flexibility index (Phi) is 5.27. The van der Waals surface area contributed by atoms with Crippen molar-refractivity contribution in [3.8, 4) is 17.1 Å². The third kappa shape index (κ3) is 3.57. The Morgan fingerprint density at radius 3 is 2.58 bits per heavy atom. The number of nitrogens with two attached hydrogens (primary N) is 1. The summed E-state index contributed by atoms with van der Waals surface area (Å²) in [7, 11) is 0. The molecule has 2 aromatic carbocycles. The lowest BCUT2D eigenvalue weighted by Gasteiger charge is -2.07. The van der Waals surface area contributed by atoms with Crippen molar-refractivity contribution in [2.75, 3.05) is 13.2 Å². The van der Waals surface area contributed by atoms with Crippen LogP contribution in [-0.2, 0) is 9.53 Å². The molecule has 0 atom stereocenters. The minimum Gasteiger partial charge on any atom is -0.483 e. The molecule has 134 valence electrons. The van der Waals surface area contributed by atoms with Crippen LogP contribution >= 0.6 is 15.9 Å². The Balaban J connectivity index is 2.19. The van der Waals surface area contributed by atoms with Gasteiger partial charge < -0.3 is 19.6 Å². The van der Waals surface area contributed by atoms with E-state index in [1.54, 1.807) is 19.1 Å². The van der Waals surface area contributed by atoms with Crippen molar-refractivity contribution in [1.29, 1.82) is 0 Å². The molecule has 0 bridgehead atoms. The molecule has 26 heavy (non-hydrogen) atoms. The lowest BCUT2D eigenvalue weighted by atomic mass is 10.1. The molecular weight excluding hydrogens is 402 g/mol. The number of amides is 1. The van der Waals surface area contributed by atoms with Gasteiger partial charge in [0.15, 0.2) is 6.61 Å². The molecule has 0 aliphatic carbocycles. The summed E-state index contributed by atoms with van der Waals surface area (Å²) in [4.78, 5) is 23.6. The number of carbonyl (C=O) groups excluding carboxylic acids is 2. The number of furan rings is 1. The monoisotopic (exact) mass is 417 g/mol. The number of primary amides is 1. The molecule has 0 unspecified atom stereocenters. The van der Waals surface area contributed by atoms with E-state index < -0.39 is 11.9 Å². The van der Waals surface area contributed by atoms with Crippen LogP contribution in [0.25, 0.3) is 22.3 Å². The van der Waals surface area contributed by atoms with Gasteiger partial charge in [0.25, 0.3) is 5.91 Å². The minimum absolute atomic E-state index is 0.237. The molecule has 3 aromatic rings. The van der Waals surface area contributed by atoms with E-state index >= 15 is 0 Å². The summed E-state index contributed by atoms with van der Waals surface area (Å²) in [6.07, 6.45) is 0. The third-order valence-corrected chi connectivity index (χ3v) is 4.25. The van der Waals surface area contributed by atoms with Crippen LogP contribution in [0, 0.1) is 0 Å². The van der Waals surface area contributed by atoms with Crippen molar-refractivity contribution in [2.24, 2.45) is 5.73 Å². The average molecular weight is 418 g/mol. The van der Waals surface area contributed by atoms with Crippen LogP contribution in [-0.4, -0.2) is 25.1 Å². The van der Waals surface area contributed by atoms with E-state index in [1.165, 1.54) is 0 Å². The van der Waals surface area contributed by atoms with Gasteiger partial charge in [0.05, 0.1) is 11.1 Å². The highest BCUT2D eigenvalue weighted by Crippen LogP contribution is 2.39. The van der Waals surface area contributed by atoms with Crippen molar-refractivity contribution < 1.29 is 23.5 Å². The maximum absolute atomic E-state index is 12.6. The van der Waals surface area contributed by atoms with Crippen LogP contribution in [0.2, 0.25) is 0 Å². The summed E-state index contributed by atoms with van der Waals surface area (Å²) in [6.45, 7) is 1.70. The van der Waals surface area contributed by atoms with Crippen LogP contribution < -0.4 is 10.5 Å². The van der Waals surface area contributed by atoms with E-state index in [-0.39, 0.29) is 13.2 Å². The minimum atomic E-state index is -0.597. The molecule has 2 N–H and O–H groups in total. The van der Waals surface area contributed by atoms with Gasteiger partial charge in [-0.1, -0.05) is 30.3 Å². The van der Waals surface area contributed by atoms with Gasteiger partial charge in [0, 0.05) is 10.9 Å². The fourth-order valence-corrected chi connectivity index (χ4v) is 2.99. The van der Waals surface area contributed by atoms with Crippen molar-refractivity contribution >= 4 is 38.8 Å². The zero-order chi connectivity index (χ0) is 18.7. The summed E-state index contributed by atoms with van der Waals surface area (Å²) in [5.41, 5.74) is 6.68. The van der Waals surface area contributed by atoms with E-state index in [0.29, 0.717) is 32.5 Å². The first-order valence-corrected chi connectivity index (χ1v) is 8.70. The fraction of sp³-hybridized carbons (Fsp3) is 0.158. The molecule has 1 aromatic heterocycles. The highest BCUT2D eigenvalue weighted by Gasteiger charge is 2.24. The lowest BCUT2D eigenvalue weighted by Crippen LogP contribution is -2.20. The number of benzene rings is 2. The first kappa shape index (κ1) is 18.0. The van der Waals surface area contributed by atoms with Crippen molar-refractivity contribution in [2.45, 2.75) is 6.92 Å². The Labute approximate surface area is 158 Å². The first-order valence-electron chi connectivity index (χ1n) is 7.91. The standard InChI is InChI=1S/C19H16BrNO5/c1-2-24-19(23)17-12-8-15(25-10-16(21)22)13(20)9-14(12)26-18(17)11-6-4-3-5-7-11/h3-9H,2,10H2,1H3,(H2,21,22). The Morgan fingerprint density at radius 1 is 1.19 bits per heavy atom. The number of hydrogen-bond donors (Lipinski definition) is 1. The van der Waals surface area contributed by atoms with Gasteiger partial charge in [-0.2, -0.15) is 0 Å². The first-order chi connectivity index (χ1) is 12.5. The predicted molar refractivity (Wildman–Crippen MR) is 100.0 cm³/mol. The van der Waals surface area contributed by atoms with Gasteiger partial charge in [-0.3, -0.25) is 4.79 Å². The zero-order valence-corrected chi connectivity index (χ0v) is 15.5. The molecule has 0 spiro atoms. The van der Waals surface area contributed by atoms with Crippen molar-refractivity contribution in [3.63, 3.8) is 0 Å². The molecule has 0 saturated carbocycles. The van der Waals surface area contributed by atoms with Crippen LogP contribution in [0.1, 0.15) is 17.3 Å². The molecule has 0 saturated heterocycles. The molecule has 0 radical (unpaired) electrons. The highest BCUT2D eigenvalue weighted by atomic mass is 79.9. The zero-order valence-electron chi connectivity index (χ0n) is 14.0. The van der Waals surface area contributed by atoms with E-state index in [0.717, 1.165) is 5.56 Å². The normalized spacial score (nSPS) is 10.7. The Hall–Kier alpha value is -2.80. The van der Waals surface area contributed by atoms with Gasteiger partial charge in [0.2, 0.25) is 0 Å². The van der Waals surface area contributed by atoms with Crippen LogP contribution in [0.3, 0.4) is 0 Å².